The fourth-order valence-electron chi connectivity index (χ4n) is 1.11. The van der Waals surface area contributed by atoms with Gasteiger partial charge in [-0.05, 0) is 0 Å². The molecule has 0 fully saturated rings. The third-order valence-corrected chi connectivity index (χ3v) is 1.67. The predicted octanol–water partition coefficient (Wildman–Crippen LogP) is -2.38. The zero-order valence-corrected chi connectivity index (χ0v) is 7.03. The summed E-state index contributed by atoms with van der Waals surface area (Å²) in [6.07, 6.45) is 1.18. The van der Waals surface area contributed by atoms with E-state index in [0.29, 0.717) is 0 Å². The van der Waals surface area contributed by atoms with Gasteiger partial charge in [0.2, 0.25) is 0 Å². The van der Waals surface area contributed by atoms with Crippen molar-refractivity contribution in [3.05, 3.63) is 31.3 Å². The summed E-state index contributed by atoms with van der Waals surface area (Å²) in [5.74, 6) is 0. The van der Waals surface area contributed by atoms with Crippen molar-refractivity contribution in [1.82, 2.24) is 19.7 Å². The number of nitrogens with one attached hydrogen (secondary N) is 3. The van der Waals surface area contributed by atoms with Crippen LogP contribution in [0.5, 0.6) is 0 Å². The van der Waals surface area contributed by atoms with Crippen LogP contribution >= 0.6 is 0 Å². The summed E-state index contributed by atoms with van der Waals surface area (Å²) < 4.78 is 0.201. The number of H-pyrrole nitrogens is 3. The molecule has 0 saturated heterocycles. The highest BCUT2D eigenvalue weighted by atomic mass is 16.7. The molecule has 9 heteroatoms. The molecule has 2 heterocycles. The fraction of sp³-hybridized carbons (Fsp3) is 0. The lowest BCUT2D eigenvalue weighted by atomic mass is 10.5. The van der Waals surface area contributed by atoms with Gasteiger partial charge in [0.25, 0.3) is 0 Å². The number of nitrogens with zero attached hydrogens (tertiary/aromatic N) is 2. The number of hydrogen-bond acceptors (Lipinski definition) is 5. The molecule has 2 rings (SSSR count). The Bertz CT molecular complexity index is 723. The maximum Gasteiger partial charge on any atom is 0.365 e. The molecule has 76 valence electrons. The maximum atomic E-state index is 11.4. The number of imidazole rings is 1. The molecule has 0 amide bonds. The molecule has 0 radical (unpaired) electrons. The van der Waals surface area contributed by atoms with E-state index in [1.807, 2.05) is 0 Å². The first-order chi connectivity index (χ1) is 7.13. The van der Waals surface area contributed by atoms with Crippen LogP contribution in [0, 0.1) is 11.5 Å². The molecular weight excluding hydrogens is 206 g/mol. The van der Waals surface area contributed by atoms with Crippen LogP contribution in [0.4, 0.5) is 0 Å². The highest BCUT2D eigenvalue weighted by Gasteiger charge is 2.10. The SMILES string of the molecule is N#COn1c(=O)[nH]c2[nH]c(=O)[nH]c2c1=O. The van der Waals surface area contributed by atoms with Crippen LogP contribution in [0.25, 0.3) is 11.2 Å². The van der Waals surface area contributed by atoms with Crippen molar-refractivity contribution in [3.8, 4) is 6.26 Å². The lowest BCUT2D eigenvalue weighted by Gasteiger charge is -1.96. The average molecular weight is 209 g/mol. The van der Waals surface area contributed by atoms with Crippen LogP contribution in [0.2, 0.25) is 0 Å². The number of fused-ring (bicyclic) bond motifs is 1. The van der Waals surface area contributed by atoms with Gasteiger partial charge in [0, 0.05) is 0 Å². The minimum atomic E-state index is -0.954. The van der Waals surface area contributed by atoms with Gasteiger partial charge in [0.1, 0.15) is 5.65 Å². The van der Waals surface area contributed by atoms with E-state index in [2.05, 4.69) is 19.8 Å². The summed E-state index contributed by atoms with van der Waals surface area (Å²) in [4.78, 5) is 44.0. The smallest absolute Gasteiger partial charge is 0.300 e. The third-order valence-electron chi connectivity index (χ3n) is 1.67. The number of aromatic amines is 3. The van der Waals surface area contributed by atoms with Crippen molar-refractivity contribution < 1.29 is 4.84 Å². The van der Waals surface area contributed by atoms with E-state index >= 15 is 0 Å². The first-order valence-electron chi connectivity index (χ1n) is 3.67. The van der Waals surface area contributed by atoms with E-state index in [1.165, 1.54) is 6.26 Å². The maximum absolute atomic E-state index is 11.4. The Morgan fingerprint density at radius 1 is 1.20 bits per heavy atom. The lowest BCUT2D eigenvalue weighted by Crippen LogP contribution is -2.38. The second-order valence-electron chi connectivity index (χ2n) is 2.54. The minimum absolute atomic E-state index is 0.0483. The number of aromatic nitrogens is 4. The molecular formula is C6H3N5O4. The number of hydrogen-bond donors (Lipinski definition) is 3. The van der Waals surface area contributed by atoms with Crippen LogP contribution in [0.15, 0.2) is 14.4 Å². The normalized spacial score (nSPS) is 10.1. The zero-order valence-electron chi connectivity index (χ0n) is 7.03. The Kier molecular flexibility index (Phi) is 1.69. The van der Waals surface area contributed by atoms with Gasteiger partial charge in [-0.15, -0.1) is 5.26 Å². The van der Waals surface area contributed by atoms with Crippen LogP contribution < -0.4 is 21.8 Å². The Hall–Kier alpha value is -2.76. The van der Waals surface area contributed by atoms with E-state index < -0.39 is 16.9 Å². The molecule has 15 heavy (non-hydrogen) atoms. The Morgan fingerprint density at radius 2 is 1.93 bits per heavy atom. The molecule has 0 aromatic carbocycles. The molecule has 0 unspecified atom stereocenters. The number of rotatable bonds is 1. The summed E-state index contributed by atoms with van der Waals surface area (Å²) in [6, 6.07) is 0. The van der Waals surface area contributed by atoms with E-state index in [1.54, 1.807) is 0 Å². The average Bonchev–Trinajstić information content (AvgIpc) is 2.53. The second-order valence-corrected chi connectivity index (χ2v) is 2.54. The van der Waals surface area contributed by atoms with E-state index in [-0.39, 0.29) is 15.9 Å². The zero-order chi connectivity index (χ0) is 11.0. The second kappa shape index (κ2) is 2.88. The highest BCUT2D eigenvalue weighted by Crippen LogP contribution is 1.90. The summed E-state index contributed by atoms with van der Waals surface area (Å²) >= 11 is 0. The van der Waals surface area contributed by atoms with Crippen LogP contribution in [-0.2, 0) is 0 Å². The topological polar surface area (TPSA) is 137 Å². The molecule has 0 aliphatic rings. The quantitative estimate of drug-likeness (QED) is 0.450. The van der Waals surface area contributed by atoms with Gasteiger partial charge in [-0.1, -0.05) is 4.73 Å². The summed E-state index contributed by atoms with van der Waals surface area (Å²) in [7, 11) is 0. The minimum Gasteiger partial charge on any atom is -0.300 e. The van der Waals surface area contributed by atoms with Gasteiger partial charge in [-0.25, -0.2) is 9.59 Å². The standard InChI is InChI=1S/C6H3N5O4/c7-1-15-11-4(12)2-3(10-6(11)14)9-5(13)8-2/h(H,10,14)(H2,8,9,13). The van der Waals surface area contributed by atoms with E-state index in [4.69, 9.17) is 5.26 Å². The summed E-state index contributed by atoms with van der Waals surface area (Å²) in [6.45, 7) is 0. The molecule has 0 saturated carbocycles. The van der Waals surface area contributed by atoms with E-state index in [9.17, 15) is 14.4 Å². The molecule has 0 atom stereocenters. The van der Waals surface area contributed by atoms with Crippen molar-refractivity contribution in [3.63, 3.8) is 0 Å². The van der Waals surface area contributed by atoms with Gasteiger partial charge >= 0.3 is 23.2 Å². The first-order valence-corrected chi connectivity index (χ1v) is 3.67. The Balaban J connectivity index is 2.97. The van der Waals surface area contributed by atoms with Gasteiger partial charge in [-0.2, -0.15) is 0 Å². The fourth-order valence-corrected chi connectivity index (χ4v) is 1.11. The molecule has 0 aliphatic carbocycles. The molecule has 9 nitrogen and oxygen atoms in total. The first kappa shape index (κ1) is 8.82. The molecule has 2 aromatic rings. The largest absolute Gasteiger partial charge is 0.365 e. The van der Waals surface area contributed by atoms with Crippen LogP contribution in [-0.4, -0.2) is 19.7 Å². The molecule has 0 spiro atoms. The lowest BCUT2D eigenvalue weighted by molar-refractivity contribution is 0.206. The van der Waals surface area contributed by atoms with Crippen molar-refractivity contribution in [1.29, 1.82) is 5.26 Å². The van der Waals surface area contributed by atoms with Crippen molar-refractivity contribution in [2.75, 3.05) is 0 Å². The molecule has 2 aromatic heterocycles. The van der Waals surface area contributed by atoms with Gasteiger partial charge < -0.3 is 0 Å². The van der Waals surface area contributed by atoms with Crippen LogP contribution in [0.1, 0.15) is 0 Å². The molecule has 0 bridgehead atoms. The molecule has 0 aliphatic heterocycles. The van der Waals surface area contributed by atoms with E-state index in [0.717, 1.165) is 0 Å². The summed E-state index contributed by atoms with van der Waals surface area (Å²) in [5, 5.41) is 8.18. The summed E-state index contributed by atoms with van der Waals surface area (Å²) in [5.41, 5.74) is -2.74. The van der Waals surface area contributed by atoms with Gasteiger partial charge in [0.15, 0.2) is 5.52 Å². The van der Waals surface area contributed by atoms with Gasteiger partial charge in [-0.3, -0.25) is 24.6 Å². The van der Waals surface area contributed by atoms with Crippen molar-refractivity contribution in [2.24, 2.45) is 0 Å². The Labute approximate surface area is 79.5 Å². The monoisotopic (exact) mass is 209 g/mol. The molecule has 3 N–H and O–H groups in total. The highest BCUT2D eigenvalue weighted by molar-refractivity contribution is 5.67. The van der Waals surface area contributed by atoms with Crippen LogP contribution in [0.3, 0.4) is 0 Å². The third kappa shape index (κ3) is 1.20. The Morgan fingerprint density at radius 3 is 2.60 bits per heavy atom. The van der Waals surface area contributed by atoms with Gasteiger partial charge in [0.05, 0.1) is 0 Å². The van der Waals surface area contributed by atoms with Crippen molar-refractivity contribution in [2.45, 2.75) is 0 Å². The predicted molar refractivity (Wildman–Crippen MR) is 46.0 cm³/mol. The number of nitriles is 1. The van der Waals surface area contributed by atoms with Crippen molar-refractivity contribution >= 4 is 11.2 Å².